The van der Waals surface area contributed by atoms with Crippen LogP contribution in [0.3, 0.4) is 0 Å². The van der Waals surface area contributed by atoms with Crippen molar-refractivity contribution in [3.63, 3.8) is 0 Å². The summed E-state index contributed by atoms with van der Waals surface area (Å²) in [5.41, 5.74) is -0.142. The fourth-order valence-corrected chi connectivity index (χ4v) is 0.354. The van der Waals surface area contributed by atoms with Crippen molar-refractivity contribution in [2.24, 2.45) is 0 Å². The van der Waals surface area contributed by atoms with Crippen molar-refractivity contribution in [3.05, 3.63) is 6.92 Å². The summed E-state index contributed by atoms with van der Waals surface area (Å²) >= 11 is 5.40. The maximum absolute atomic E-state index is 5.40. The smallest absolute Gasteiger partial charge is 0.148 e. The summed E-state index contributed by atoms with van der Waals surface area (Å²) < 4.78 is 4.74. The minimum Gasteiger partial charge on any atom is -0.412 e. The molecule has 0 saturated carbocycles. The molecule has 1 radical (unpaired) electrons. The SMILES string of the molecule is CN(C)C.[CH2]CC(Cl)O[SiH3]. The lowest BCUT2D eigenvalue weighted by molar-refractivity contribution is 0.313. The van der Waals surface area contributed by atoms with Crippen molar-refractivity contribution in [2.45, 2.75) is 12.0 Å². The van der Waals surface area contributed by atoms with Gasteiger partial charge in [0.2, 0.25) is 0 Å². The molecule has 0 amide bonds. The highest BCUT2D eigenvalue weighted by Crippen LogP contribution is 1.97. The van der Waals surface area contributed by atoms with E-state index in [-0.39, 0.29) is 5.56 Å². The molecule has 0 N–H and O–H groups in total. The summed E-state index contributed by atoms with van der Waals surface area (Å²) in [4.78, 5) is 2.00. The van der Waals surface area contributed by atoms with Gasteiger partial charge in [-0.1, -0.05) is 11.6 Å². The van der Waals surface area contributed by atoms with Gasteiger partial charge >= 0.3 is 0 Å². The van der Waals surface area contributed by atoms with Crippen LogP contribution in [0.25, 0.3) is 0 Å². The second-order valence-electron chi connectivity index (χ2n) is 2.28. The first-order valence-corrected chi connectivity index (χ1v) is 4.36. The van der Waals surface area contributed by atoms with Gasteiger partial charge in [-0.2, -0.15) is 0 Å². The summed E-state index contributed by atoms with van der Waals surface area (Å²) in [5, 5.41) is 0. The van der Waals surface area contributed by atoms with E-state index in [1.165, 1.54) is 0 Å². The lowest BCUT2D eigenvalue weighted by atomic mass is 10.5. The molecule has 0 aromatic carbocycles. The molecule has 1 atom stereocenters. The standard InChI is InChI=1S/C3H8ClOSi.C3H9N/c1-2-3(4)5-6;1-4(2)3/h3H,1-2H2,6H3;1-3H3. The Kier molecular flexibility index (Phi) is 12.3. The second-order valence-corrected chi connectivity index (χ2v) is 3.23. The first-order chi connectivity index (χ1) is 4.54. The van der Waals surface area contributed by atoms with Gasteiger partial charge in [-0.05, 0) is 34.5 Å². The van der Waals surface area contributed by atoms with E-state index >= 15 is 0 Å². The molecule has 0 saturated heterocycles. The molecule has 10 heavy (non-hydrogen) atoms. The van der Waals surface area contributed by atoms with Gasteiger partial charge in [0.1, 0.15) is 16.0 Å². The van der Waals surface area contributed by atoms with Gasteiger partial charge in [0.25, 0.3) is 0 Å². The Morgan fingerprint density at radius 2 is 1.90 bits per heavy atom. The van der Waals surface area contributed by atoms with E-state index in [0.717, 1.165) is 0 Å². The molecule has 0 heterocycles. The molecule has 0 aliphatic carbocycles. The molecule has 1 unspecified atom stereocenters. The minimum absolute atomic E-state index is 0.142. The maximum atomic E-state index is 5.40. The zero-order valence-electron chi connectivity index (χ0n) is 7.22. The average Bonchev–Trinajstić information content (AvgIpc) is 1.85. The molecule has 0 bridgehead atoms. The van der Waals surface area contributed by atoms with Crippen molar-refractivity contribution in [3.8, 4) is 0 Å². The summed E-state index contributed by atoms with van der Waals surface area (Å²) in [5.74, 6) is 0. The third-order valence-electron chi connectivity index (χ3n) is 0.483. The molecule has 2 nitrogen and oxygen atoms in total. The molecule has 0 aliphatic heterocycles. The van der Waals surface area contributed by atoms with E-state index in [1.54, 1.807) is 0 Å². The van der Waals surface area contributed by atoms with Gasteiger partial charge in [0.05, 0.1) is 0 Å². The number of halogens is 1. The van der Waals surface area contributed by atoms with Gasteiger partial charge < -0.3 is 9.33 Å². The minimum atomic E-state index is -0.142. The maximum Gasteiger partial charge on any atom is 0.148 e. The van der Waals surface area contributed by atoms with Crippen molar-refractivity contribution in [1.82, 2.24) is 4.90 Å². The molecule has 0 aliphatic rings. The number of hydrogen-bond acceptors (Lipinski definition) is 2. The fourth-order valence-electron chi connectivity index (χ4n) is 0.118. The summed E-state index contributed by atoms with van der Waals surface area (Å²) in [7, 11) is 6.71. The highest BCUT2D eigenvalue weighted by Gasteiger charge is 1.91. The Bertz CT molecular complexity index is 57.0. The second kappa shape index (κ2) is 9.43. The third-order valence-corrected chi connectivity index (χ3v) is 1.75. The summed E-state index contributed by atoms with van der Waals surface area (Å²) in [6, 6.07) is 0. The van der Waals surface area contributed by atoms with Gasteiger partial charge in [-0.3, -0.25) is 0 Å². The summed E-state index contributed by atoms with van der Waals surface area (Å²) in [6.07, 6.45) is 0.658. The molecule has 0 spiro atoms. The Balaban J connectivity index is 0. The van der Waals surface area contributed by atoms with Crippen LogP contribution >= 0.6 is 11.6 Å². The van der Waals surface area contributed by atoms with Crippen molar-refractivity contribution in [1.29, 1.82) is 0 Å². The number of rotatable bonds is 2. The number of nitrogens with zero attached hydrogens (tertiary/aromatic N) is 1. The monoisotopic (exact) mass is 182 g/mol. The highest BCUT2D eigenvalue weighted by molar-refractivity contribution is 6.21. The van der Waals surface area contributed by atoms with Crippen LogP contribution in [0.5, 0.6) is 0 Å². The zero-order valence-corrected chi connectivity index (χ0v) is 9.98. The number of hydrogen-bond donors (Lipinski definition) is 0. The molecule has 0 aromatic rings. The van der Waals surface area contributed by atoms with Crippen molar-refractivity contribution in [2.75, 3.05) is 21.1 Å². The Morgan fingerprint density at radius 1 is 1.60 bits per heavy atom. The van der Waals surface area contributed by atoms with E-state index in [4.69, 9.17) is 16.0 Å². The van der Waals surface area contributed by atoms with E-state index in [2.05, 4.69) is 6.92 Å². The van der Waals surface area contributed by atoms with Crippen LogP contribution in [0.2, 0.25) is 0 Å². The first-order valence-electron chi connectivity index (χ1n) is 3.11. The Hall–Kier alpha value is 0.427. The lowest BCUT2D eigenvalue weighted by Crippen LogP contribution is -1.99. The van der Waals surface area contributed by atoms with Crippen LogP contribution in [0.15, 0.2) is 0 Å². The molecule has 0 aromatic heterocycles. The van der Waals surface area contributed by atoms with Gasteiger partial charge in [-0.25, -0.2) is 0 Å². The zero-order chi connectivity index (χ0) is 8.57. The average molecular weight is 183 g/mol. The van der Waals surface area contributed by atoms with E-state index in [1.807, 2.05) is 26.0 Å². The quantitative estimate of drug-likeness (QED) is 0.449. The van der Waals surface area contributed by atoms with Crippen LogP contribution in [0.1, 0.15) is 6.42 Å². The van der Waals surface area contributed by atoms with Crippen LogP contribution in [-0.2, 0) is 4.43 Å². The van der Waals surface area contributed by atoms with Gasteiger partial charge in [-0.15, -0.1) is 0 Å². The molecular weight excluding hydrogens is 166 g/mol. The predicted octanol–water partition coefficient (Wildman–Crippen LogP) is 0.250. The van der Waals surface area contributed by atoms with E-state index in [9.17, 15) is 0 Å². The molecule has 0 fully saturated rings. The first kappa shape index (κ1) is 13.0. The van der Waals surface area contributed by atoms with Crippen LogP contribution in [-0.4, -0.2) is 42.1 Å². The fraction of sp³-hybridized carbons (Fsp3) is 0.833. The van der Waals surface area contributed by atoms with Crippen LogP contribution < -0.4 is 0 Å². The Morgan fingerprint density at radius 3 is 1.90 bits per heavy atom. The molecule has 0 rings (SSSR count). The van der Waals surface area contributed by atoms with Gasteiger partial charge in [0.15, 0.2) is 0 Å². The van der Waals surface area contributed by atoms with Gasteiger partial charge in [0, 0.05) is 0 Å². The lowest BCUT2D eigenvalue weighted by Gasteiger charge is -1.99. The van der Waals surface area contributed by atoms with Crippen molar-refractivity contribution >= 4 is 22.1 Å². The molecule has 63 valence electrons. The molecule has 4 heteroatoms. The van der Waals surface area contributed by atoms with Crippen LogP contribution in [0, 0.1) is 6.92 Å². The van der Waals surface area contributed by atoms with E-state index in [0.29, 0.717) is 16.9 Å². The van der Waals surface area contributed by atoms with Crippen molar-refractivity contribution < 1.29 is 4.43 Å². The normalized spacial score (nSPS) is 12.6. The number of alkyl halides is 1. The summed E-state index contributed by atoms with van der Waals surface area (Å²) in [6.45, 7) is 3.52. The van der Waals surface area contributed by atoms with Crippen LogP contribution in [0.4, 0.5) is 0 Å². The third kappa shape index (κ3) is 23.7. The Labute approximate surface area is 72.0 Å². The molecular formula is C6H17ClNOSi. The van der Waals surface area contributed by atoms with E-state index < -0.39 is 0 Å². The highest BCUT2D eigenvalue weighted by atomic mass is 35.5. The predicted molar refractivity (Wildman–Crippen MR) is 50.3 cm³/mol. The largest absolute Gasteiger partial charge is 0.412 e. The topological polar surface area (TPSA) is 12.5 Å².